The van der Waals surface area contributed by atoms with Crippen LogP contribution < -0.4 is 10.1 Å². The molecule has 4 heteroatoms. The van der Waals surface area contributed by atoms with Crippen LogP contribution in [0, 0.1) is 0 Å². The second kappa shape index (κ2) is 8.32. The number of carbonyl (C=O) groups is 1. The fourth-order valence-electron chi connectivity index (χ4n) is 1.94. The van der Waals surface area contributed by atoms with Gasteiger partial charge in [-0.3, -0.25) is 4.79 Å². The van der Waals surface area contributed by atoms with Gasteiger partial charge in [0.25, 0.3) is 5.91 Å². The fourth-order valence-corrected chi connectivity index (χ4v) is 2.07. The molecule has 2 aromatic rings. The van der Waals surface area contributed by atoms with Crippen molar-refractivity contribution in [2.45, 2.75) is 12.8 Å². The molecule has 3 nitrogen and oxygen atoms in total. The Labute approximate surface area is 129 Å². The molecule has 0 saturated carbocycles. The number of ether oxygens (including phenoxy) is 1. The summed E-state index contributed by atoms with van der Waals surface area (Å²) in [6, 6.07) is 17.1. The summed E-state index contributed by atoms with van der Waals surface area (Å²) < 4.78 is 5.41. The lowest BCUT2D eigenvalue weighted by Gasteiger charge is -2.08. The van der Waals surface area contributed by atoms with E-state index in [2.05, 4.69) is 5.32 Å². The third-order valence-corrected chi connectivity index (χ3v) is 3.19. The molecule has 0 bridgehead atoms. The van der Waals surface area contributed by atoms with Gasteiger partial charge < -0.3 is 10.1 Å². The fraction of sp³-hybridized carbons (Fsp3) is 0.235. The molecule has 1 amide bonds. The Morgan fingerprint density at radius 3 is 2.67 bits per heavy atom. The van der Waals surface area contributed by atoms with E-state index in [1.165, 1.54) is 0 Å². The van der Waals surface area contributed by atoms with E-state index >= 15 is 0 Å². The van der Waals surface area contributed by atoms with Crippen molar-refractivity contribution in [2.24, 2.45) is 0 Å². The van der Waals surface area contributed by atoms with E-state index in [1.54, 1.807) is 0 Å². The number of nitrogens with one attached hydrogen (secondary N) is 1. The van der Waals surface area contributed by atoms with E-state index in [-0.39, 0.29) is 12.5 Å². The number of amides is 1. The first-order chi connectivity index (χ1) is 10.3. The van der Waals surface area contributed by atoms with Crippen molar-refractivity contribution in [2.75, 3.05) is 17.8 Å². The van der Waals surface area contributed by atoms with Gasteiger partial charge in [0.15, 0.2) is 6.61 Å². The number of anilines is 1. The predicted octanol–water partition coefficient (Wildman–Crippen LogP) is 3.88. The topological polar surface area (TPSA) is 38.3 Å². The SMILES string of the molecule is O=C(COc1ccccc1)Nc1cccc(CCCCl)c1. The number of alkyl halides is 1. The van der Waals surface area contributed by atoms with Crippen LogP contribution in [0.5, 0.6) is 5.75 Å². The number of halogens is 1. The maximum absolute atomic E-state index is 11.9. The van der Waals surface area contributed by atoms with Gasteiger partial charge in [0.2, 0.25) is 0 Å². The van der Waals surface area contributed by atoms with E-state index in [1.807, 2.05) is 54.6 Å². The van der Waals surface area contributed by atoms with Gasteiger partial charge in [-0.2, -0.15) is 0 Å². The first-order valence-corrected chi connectivity index (χ1v) is 7.44. The molecular formula is C17H18ClNO2. The second-order valence-corrected chi connectivity index (χ2v) is 5.02. The molecule has 0 unspecified atom stereocenters. The van der Waals surface area contributed by atoms with Crippen LogP contribution in [-0.2, 0) is 11.2 Å². The monoisotopic (exact) mass is 303 g/mol. The van der Waals surface area contributed by atoms with Gasteiger partial charge in [-0.25, -0.2) is 0 Å². The largest absolute Gasteiger partial charge is 0.484 e. The molecular weight excluding hydrogens is 286 g/mol. The highest BCUT2D eigenvalue weighted by Gasteiger charge is 2.04. The number of aryl methyl sites for hydroxylation is 1. The minimum atomic E-state index is -0.173. The standard InChI is InChI=1S/C17H18ClNO2/c18-11-5-7-14-6-4-8-15(12-14)19-17(20)13-21-16-9-2-1-3-10-16/h1-4,6,8-10,12H,5,7,11,13H2,(H,19,20). The van der Waals surface area contributed by atoms with E-state index in [4.69, 9.17) is 16.3 Å². The van der Waals surface area contributed by atoms with Gasteiger partial charge in [0.05, 0.1) is 0 Å². The van der Waals surface area contributed by atoms with E-state index < -0.39 is 0 Å². The molecule has 21 heavy (non-hydrogen) atoms. The first-order valence-electron chi connectivity index (χ1n) is 6.90. The molecule has 2 rings (SSSR count). The summed E-state index contributed by atoms with van der Waals surface area (Å²) in [5.41, 5.74) is 1.95. The number of rotatable bonds is 7. The van der Waals surface area contributed by atoms with Crippen LogP contribution in [0.15, 0.2) is 54.6 Å². The quantitative estimate of drug-likeness (QED) is 0.788. The smallest absolute Gasteiger partial charge is 0.262 e. The summed E-state index contributed by atoms with van der Waals surface area (Å²) in [6.07, 6.45) is 1.84. The molecule has 0 spiro atoms. The lowest BCUT2D eigenvalue weighted by Crippen LogP contribution is -2.20. The average Bonchev–Trinajstić information content (AvgIpc) is 2.52. The predicted molar refractivity (Wildman–Crippen MR) is 86.0 cm³/mol. The lowest BCUT2D eigenvalue weighted by molar-refractivity contribution is -0.118. The normalized spacial score (nSPS) is 10.1. The Morgan fingerprint density at radius 1 is 1.10 bits per heavy atom. The third-order valence-electron chi connectivity index (χ3n) is 2.92. The van der Waals surface area contributed by atoms with Crippen LogP contribution in [0.2, 0.25) is 0 Å². The molecule has 0 aromatic heterocycles. The summed E-state index contributed by atoms with van der Waals surface area (Å²) in [5.74, 6) is 1.15. The van der Waals surface area contributed by atoms with Crippen LogP contribution in [0.25, 0.3) is 0 Å². The Balaban J connectivity index is 1.84. The zero-order chi connectivity index (χ0) is 14.9. The zero-order valence-electron chi connectivity index (χ0n) is 11.7. The van der Waals surface area contributed by atoms with Crippen molar-refractivity contribution >= 4 is 23.2 Å². The molecule has 0 saturated heterocycles. The van der Waals surface area contributed by atoms with Crippen LogP contribution in [0.3, 0.4) is 0 Å². The van der Waals surface area contributed by atoms with Gasteiger partial charge in [0, 0.05) is 11.6 Å². The minimum absolute atomic E-state index is 0.00405. The highest BCUT2D eigenvalue weighted by Crippen LogP contribution is 2.13. The molecule has 0 radical (unpaired) electrons. The Bertz CT molecular complexity index is 572. The third kappa shape index (κ3) is 5.48. The first kappa shape index (κ1) is 15.4. The molecule has 0 aliphatic heterocycles. The van der Waals surface area contributed by atoms with E-state index in [0.29, 0.717) is 11.6 Å². The van der Waals surface area contributed by atoms with Crippen LogP contribution >= 0.6 is 11.6 Å². The van der Waals surface area contributed by atoms with Gasteiger partial charge in [0.1, 0.15) is 5.75 Å². The average molecular weight is 304 g/mol. The molecule has 0 aliphatic rings. The number of hydrogen-bond acceptors (Lipinski definition) is 2. The van der Waals surface area contributed by atoms with Crippen LogP contribution in [-0.4, -0.2) is 18.4 Å². The summed E-state index contributed by atoms with van der Waals surface area (Å²) in [4.78, 5) is 11.9. The molecule has 0 aliphatic carbocycles. The number of hydrogen-bond donors (Lipinski definition) is 1. The minimum Gasteiger partial charge on any atom is -0.484 e. The van der Waals surface area contributed by atoms with Crippen molar-refractivity contribution in [1.29, 1.82) is 0 Å². The lowest BCUT2D eigenvalue weighted by atomic mass is 10.1. The maximum Gasteiger partial charge on any atom is 0.262 e. The van der Waals surface area contributed by atoms with Gasteiger partial charge in [-0.1, -0.05) is 30.3 Å². The Hall–Kier alpha value is -2.00. The van der Waals surface area contributed by atoms with Crippen molar-refractivity contribution in [3.63, 3.8) is 0 Å². The second-order valence-electron chi connectivity index (χ2n) is 4.64. The molecule has 0 heterocycles. The van der Waals surface area contributed by atoms with Crippen molar-refractivity contribution < 1.29 is 9.53 Å². The highest BCUT2D eigenvalue weighted by molar-refractivity contribution is 6.17. The van der Waals surface area contributed by atoms with Gasteiger partial charge >= 0.3 is 0 Å². The molecule has 0 atom stereocenters. The summed E-state index contributed by atoms with van der Waals surface area (Å²) in [6.45, 7) is -0.00405. The Kier molecular flexibility index (Phi) is 6.10. The Morgan fingerprint density at radius 2 is 1.90 bits per heavy atom. The van der Waals surface area contributed by atoms with Gasteiger partial charge in [-0.15, -0.1) is 11.6 Å². The van der Waals surface area contributed by atoms with Crippen LogP contribution in [0.4, 0.5) is 5.69 Å². The summed E-state index contributed by atoms with van der Waals surface area (Å²) >= 11 is 5.69. The van der Waals surface area contributed by atoms with Crippen molar-refractivity contribution in [3.05, 3.63) is 60.2 Å². The number of carbonyl (C=O) groups excluding carboxylic acids is 1. The van der Waals surface area contributed by atoms with Crippen molar-refractivity contribution in [1.82, 2.24) is 0 Å². The van der Waals surface area contributed by atoms with E-state index in [0.717, 1.165) is 24.1 Å². The van der Waals surface area contributed by atoms with Gasteiger partial charge in [-0.05, 0) is 42.7 Å². The van der Waals surface area contributed by atoms with Crippen LogP contribution in [0.1, 0.15) is 12.0 Å². The summed E-state index contributed by atoms with van der Waals surface area (Å²) in [7, 11) is 0. The van der Waals surface area contributed by atoms with E-state index in [9.17, 15) is 4.79 Å². The number of benzene rings is 2. The molecule has 0 fully saturated rings. The highest BCUT2D eigenvalue weighted by atomic mass is 35.5. The number of para-hydroxylation sites is 1. The maximum atomic E-state index is 11.9. The molecule has 2 aromatic carbocycles. The molecule has 110 valence electrons. The van der Waals surface area contributed by atoms with Crippen molar-refractivity contribution in [3.8, 4) is 5.75 Å². The molecule has 1 N–H and O–H groups in total. The summed E-state index contributed by atoms with van der Waals surface area (Å²) in [5, 5.41) is 2.83. The zero-order valence-corrected chi connectivity index (χ0v) is 12.5.